The first-order valence-corrected chi connectivity index (χ1v) is 10.7. The maximum absolute atomic E-state index is 13.0. The van der Waals surface area contributed by atoms with Gasteiger partial charge in [0, 0.05) is 5.56 Å². The number of hydrogen-bond donors (Lipinski definition) is 2. The van der Waals surface area contributed by atoms with Crippen molar-refractivity contribution < 1.29 is 9.42 Å². The van der Waals surface area contributed by atoms with Gasteiger partial charge in [-0.25, -0.2) is 10.1 Å². The van der Waals surface area contributed by atoms with E-state index in [-0.39, 0.29) is 17.3 Å². The molecule has 0 radical (unpaired) electrons. The van der Waals surface area contributed by atoms with Gasteiger partial charge in [0.25, 0.3) is 5.91 Å². The van der Waals surface area contributed by atoms with E-state index in [9.17, 15) is 4.79 Å². The number of nitrogens with two attached hydrogens (primary N) is 1. The fraction of sp³-hybridized carbons (Fsp3) is 0.0400. The summed E-state index contributed by atoms with van der Waals surface area (Å²) in [4.78, 5) is 13.0. The normalized spacial score (nSPS) is 11.1. The van der Waals surface area contributed by atoms with E-state index in [2.05, 4.69) is 31.2 Å². The van der Waals surface area contributed by atoms with Crippen LogP contribution in [0.4, 0.5) is 5.82 Å². The summed E-state index contributed by atoms with van der Waals surface area (Å²) in [5, 5.41) is 19.6. The van der Waals surface area contributed by atoms with Gasteiger partial charge >= 0.3 is 0 Å². The summed E-state index contributed by atoms with van der Waals surface area (Å²) in [5.41, 5.74) is 13.6. The molecule has 0 atom stereocenters. The Morgan fingerprint density at radius 2 is 1.63 bits per heavy atom. The minimum atomic E-state index is -0.543. The van der Waals surface area contributed by atoms with Gasteiger partial charge in [-0.05, 0) is 33.9 Å². The van der Waals surface area contributed by atoms with Crippen LogP contribution in [-0.4, -0.2) is 37.4 Å². The predicted molar refractivity (Wildman–Crippen MR) is 131 cm³/mol. The van der Waals surface area contributed by atoms with E-state index in [0.717, 1.165) is 22.3 Å². The van der Waals surface area contributed by atoms with Crippen molar-refractivity contribution in [3.63, 3.8) is 0 Å². The summed E-state index contributed by atoms with van der Waals surface area (Å²) < 4.78 is 6.01. The van der Waals surface area contributed by atoms with Crippen LogP contribution in [-0.2, 0) is 0 Å². The van der Waals surface area contributed by atoms with E-state index < -0.39 is 5.91 Å². The summed E-state index contributed by atoms with van der Waals surface area (Å²) >= 11 is 0. The highest BCUT2D eigenvalue weighted by atomic mass is 16.6. The third-order valence-electron chi connectivity index (χ3n) is 5.30. The van der Waals surface area contributed by atoms with Crippen molar-refractivity contribution in [1.29, 1.82) is 0 Å². The first-order valence-electron chi connectivity index (χ1n) is 10.7. The van der Waals surface area contributed by atoms with Crippen LogP contribution < -0.4 is 11.2 Å². The Morgan fingerprint density at radius 3 is 2.31 bits per heavy atom. The smallest absolute Gasteiger partial charge is 0.294 e. The molecule has 5 aromatic rings. The molecule has 0 spiro atoms. The number of nitrogens with zero attached hydrogens (tertiary/aromatic N) is 6. The maximum atomic E-state index is 13.0. The summed E-state index contributed by atoms with van der Waals surface area (Å²) in [5.74, 6) is -0.389. The molecule has 0 unspecified atom stereocenters. The first kappa shape index (κ1) is 21.7. The highest BCUT2D eigenvalue weighted by molar-refractivity contribution is 5.98. The van der Waals surface area contributed by atoms with Crippen molar-refractivity contribution in [1.82, 2.24) is 30.7 Å². The van der Waals surface area contributed by atoms with Crippen LogP contribution in [0.1, 0.15) is 21.6 Å². The molecule has 3 N–H and O–H groups in total. The molecular weight excluding hydrogens is 444 g/mol. The minimum Gasteiger partial charge on any atom is -0.378 e. The molecule has 3 aromatic carbocycles. The summed E-state index contributed by atoms with van der Waals surface area (Å²) in [6, 6.07) is 25.4. The Hall–Kier alpha value is -5.12. The Kier molecular flexibility index (Phi) is 5.83. The number of carbonyl (C=O) groups excluding carboxylic acids is 1. The summed E-state index contributed by atoms with van der Waals surface area (Å²) in [7, 11) is 0. The van der Waals surface area contributed by atoms with Gasteiger partial charge in [0.2, 0.25) is 11.6 Å². The zero-order chi connectivity index (χ0) is 24.2. The van der Waals surface area contributed by atoms with Crippen molar-refractivity contribution in [2.45, 2.75) is 6.92 Å². The third-order valence-corrected chi connectivity index (χ3v) is 5.30. The number of hydrazone groups is 1. The van der Waals surface area contributed by atoms with Gasteiger partial charge in [0.1, 0.15) is 5.69 Å². The molecule has 0 saturated heterocycles. The van der Waals surface area contributed by atoms with Gasteiger partial charge in [-0.2, -0.15) is 9.78 Å². The molecule has 10 nitrogen and oxygen atoms in total. The van der Waals surface area contributed by atoms with Crippen LogP contribution in [0.25, 0.3) is 28.2 Å². The van der Waals surface area contributed by atoms with Crippen LogP contribution in [0.2, 0.25) is 0 Å². The second-order valence-electron chi connectivity index (χ2n) is 7.72. The number of benzene rings is 3. The van der Waals surface area contributed by atoms with Crippen LogP contribution in [0.15, 0.2) is 88.6 Å². The molecule has 1 amide bonds. The zero-order valence-electron chi connectivity index (χ0n) is 18.7. The van der Waals surface area contributed by atoms with Crippen LogP contribution in [0, 0.1) is 6.92 Å². The standard InChI is InChI=1S/C25H20N8O2/c1-16-7-11-20(12-8-16)22-21(28-32-33(22)24-23(26)30-35-31-24)25(34)29-27-15-17-9-13-19(14-10-17)18-5-3-2-4-6-18/h2-15H,1H3,(H2,26,30)(H,29,34)/b27-15+. The molecular formula is C25H20N8O2. The number of aromatic nitrogens is 5. The Labute approximate surface area is 200 Å². The molecule has 2 aromatic heterocycles. The molecule has 2 heterocycles. The Bertz CT molecular complexity index is 1490. The second-order valence-corrected chi connectivity index (χ2v) is 7.72. The van der Waals surface area contributed by atoms with E-state index in [1.54, 1.807) is 6.21 Å². The topological polar surface area (TPSA) is 137 Å². The fourth-order valence-electron chi connectivity index (χ4n) is 3.50. The molecule has 0 aliphatic heterocycles. The monoisotopic (exact) mass is 464 g/mol. The van der Waals surface area contributed by atoms with Crippen LogP contribution in [0.5, 0.6) is 0 Å². The van der Waals surface area contributed by atoms with Crippen molar-refractivity contribution in [2.75, 3.05) is 5.73 Å². The number of carbonyl (C=O) groups is 1. The number of anilines is 1. The van der Waals surface area contributed by atoms with E-state index in [0.29, 0.717) is 11.3 Å². The Balaban J connectivity index is 1.38. The Morgan fingerprint density at radius 1 is 0.943 bits per heavy atom. The quantitative estimate of drug-likeness (QED) is 0.289. The second kappa shape index (κ2) is 9.40. The predicted octanol–water partition coefficient (Wildman–Crippen LogP) is 3.64. The minimum absolute atomic E-state index is 0.0205. The number of nitrogen functional groups attached to an aromatic ring is 1. The molecule has 0 aliphatic carbocycles. The van der Waals surface area contributed by atoms with Crippen LogP contribution >= 0.6 is 0 Å². The molecule has 0 saturated carbocycles. The lowest BCUT2D eigenvalue weighted by Gasteiger charge is -2.06. The molecule has 0 aliphatic rings. The zero-order valence-corrected chi connectivity index (χ0v) is 18.7. The molecule has 10 heteroatoms. The molecule has 35 heavy (non-hydrogen) atoms. The lowest BCUT2D eigenvalue weighted by atomic mass is 10.0. The van der Waals surface area contributed by atoms with Crippen molar-refractivity contribution in [3.8, 4) is 28.2 Å². The van der Waals surface area contributed by atoms with Crippen molar-refractivity contribution >= 4 is 17.9 Å². The highest BCUT2D eigenvalue weighted by Gasteiger charge is 2.25. The average Bonchev–Trinajstić information content (AvgIpc) is 3.51. The van der Waals surface area contributed by atoms with E-state index in [4.69, 9.17) is 10.4 Å². The summed E-state index contributed by atoms with van der Waals surface area (Å²) in [6.45, 7) is 1.97. The molecule has 172 valence electrons. The largest absolute Gasteiger partial charge is 0.378 e. The molecule has 0 fully saturated rings. The molecule has 0 bridgehead atoms. The lowest BCUT2D eigenvalue weighted by Crippen LogP contribution is -2.19. The van der Waals surface area contributed by atoms with Gasteiger partial charge in [0.05, 0.1) is 6.21 Å². The van der Waals surface area contributed by atoms with Crippen molar-refractivity contribution in [3.05, 3.63) is 95.7 Å². The lowest BCUT2D eigenvalue weighted by molar-refractivity contribution is 0.0950. The number of nitrogens with one attached hydrogen (secondary N) is 1. The van der Waals surface area contributed by atoms with Crippen LogP contribution in [0.3, 0.4) is 0 Å². The van der Waals surface area contributed by atoms with E-state index in [1.165, 1.54) is 4.68 Å². The number of rotatable bonds is 6. The number of aryl methyl sites for hydroxylation is 1. The highest BCUT2D eigenvalue weighted by Crippen LogP contribution is 2.26. The first-order chi connectivity index (χ1) is 17.1. The third kappa shape index (κ3) is 4.53. The van der Waals surface area contributed by atoms with Gasteiger partial charge in [-0.3, -0.25) is 4.79 Å². The molecule has 5 rings (SSSR count). The van der Waals surface area contributed by atoms with Gasteiger partial charge in [-0.1, -0.05) is 89.6 Å². The average molecular weight is 464 g/mol. The van der Waals surface area contributed by atoms with Crippen molar-refractivity contribution in [2.24, 2.45) is 5.10 Å². The van der Waals surface area contributed by atoms with Gasteiger partial charge < -0.3 is 5.73 Å². The van der Waals surface area contributed by atoms with E-state index in [1.807, 2.05) is 85.8 Å². The summed E-state index contributed by atoms with van der Waals surface area (Å²) in [6.07, 6.45) is 1.56. The van der Waals surface area contributed by atoms with Gasteiger partial charge in [-0.15, -0.1) is 5.10 Å². The number of amides is 1. The van der Waals surface area contributed by atoms with E-state index >= 15 is 0 Å². The maximum Gasteiger partial charge on any atom is 0.294 e. The number of hydrogen-bond acceptors (Lipinski definition) is 8. The fourth-order valence-corrected chi connectivity index (χ4v) is 3.50. The SMILES string of the molecule is Cc1ccc(-c2c(C(=O)N/N=C/c3ccc(-c4ccccc4)cc3)nnn2-c2nonc2N)cc1. The van der Waals surface area contributed by atoms with Gasteiger partial charge in [0.15, 0.2) is 5.69 Å².